The molecule has 1 aliphatic heterocycles. The first kappa shape index (κ1) is 14.4. The number of aliphatic carboxylic acids is 1. The summed E-state index contributed by atoms with van der Waals surface area (Å²) in [5.74, 6) is -0.845. The molecule has 0 aliphatic carbocycles. The maximum Gasteiger partial charge on any atom is 0.326 e. The Kier molecular flexibility index (Phi) is 4.29. The van der Waals surface area contributed by atoms with Gasteiger partial charge in [-0.1, -0.05) is 18.5 Å². The number of carboxylic acids is 1. The predicted molar refractivity (Wildman–Crippen MR) is 74.8 cm³/mol. The summed E-state index contributed by atoms with van der Waals surface area (Å²) in [7, 11) is 0. The smallest absolute Gasteiger partial charge is 0.326 e. The zero-order valence-electron chi connectivity index (χ0n) is 10.9. The molecule has 1 aromatic carbocycles. The van der Waals surface area contributed by atoms with E-state index < -0.39 is 17.9 Å². The van der Waals surface area contributed by atoms with Crippen molar-refractivity contribution in [3.63, 3.8) is 0 Å². The van der Waals surface area contributed by atoms with Gasteiger partial charge < -0.3 is 15.2 Å². The second-order valence-electron chi connectivity index (χ2n) is 4.41. The molecule has 2 N–H and O–H groups in total. The van der Waals surface area contributed by atoms with Crippen molar-refractivity contribution in [2.24, 2.45) is 0 Å². The van der Waals surface area contributed by atoms with E-state index in [1.54, 1.807) is 31.2 Å². The minimum absolute atomic E-state index is 0.108. The molecule has 20 heavy (non-hydrogen) atoms. The molecule has 0 fully saturated rings. The highest BCUT2D eigenvalue weighted by molar-refractivity contribution is 6.30. The predicted octanol–water partition coefficient (Wildman–Crippen LogP) is 2.10. The number of carboxylic acid groups (broad SMARTS) is 1. The second kappa shape index (κ2) is 5.96. The summed E-state index contributed by atoms with van der Waals surface area (Å²) >= 11 is 5.89. The Labute approximate surface area is 121 Å². The van der Waals surface area contributed by atoms with Crippen molar-refractivity contribution in [2.45, 2.75) is 19.4 Å². The molecule has 1 aromatic rings. The van der Waals surface area contributed by atoms with E-state index in [-0.39, 0.29) is 6.61 Å². The van der Waals surface area contributed by atoms with Crippen LogP contribution >= 0.6 is 11.6 Å². The molecule has 0 saturated heterocycles. The number of halogens is 1. The number of carbonyl (C=O) groups excluding carboxylic acids is 1. The molecule has 0 unspecified atom stereocenters. The van der Waals surface area contributed by atoms with Gasteiger partial charge in [0.1, 0.15) is 18.4 Å². The van der Waals surface area contributed by atoms with E-state index in [0.29, 0.717) is 28.3 Å². The summed E-state index contributed by atoms with van der Waals surface area (Å²) in [6.45, 7) is 1.80. The first-order chi connectivity index (χ1) is 9.51. The lowest BCUT2D eigenvalue weighted by atomic mass is 10.1. The van der Waals surface area contributed by atoms with E-state index in [4.69, 9.17) is 21.4 Å². The lowest BCUT2D eigenvalue weighted by molar-refractivity contribution is -0.141. The third-order valence-corrected chi connectivity index (χ3v) is 3.22. The van der Waals surface area contributed by atoms with E-state index in [1.807, 2.05) is 0 Å². The number of hydrogen-bond acceptors (Lipinski definition) is 3. The number of amides is 1. The molecular formula is C14H14ClNO4. The lowest BCUT2D eigenvalue weighted by Crippen LogP contribution is -2.41. The van der Waals surface area contributed by atoms with Crippen LogP contribution in [-0.2, 0) is 9.59 Å². The Morgan fingerprint density at radius 3 is 2.90 bits per heavy atom. The summed E-state index contributed by atoms with van der Waals surface area (Å²) in [5, 5.41) is 11.9. The molecule has 0 radical (unpaired) electrons. The third-order valence-electron chi connectivity index (χ3n) is 2.99. The molecule has 1 aliphatic rings. The van der Waals surface area contributed by atoms with Crippen molar-refractivity contribution >= 4 is 29.6 Å². The van der Waals surface area contributed by atoms with E-state index >= 15 is 0 Å². The number of rotatable bonds is 4. The van der Waals surface area contributed by atoms with Crippen molar-refractivity contribution in [1.82, 2.24) is 5.32 Å². The molecule has 0 spiro atoms. The number of carbonyl (C=O) groups is 2. The van der Waals surface area contributed by atoms with Crippen LogP contribution in [0.25, 0.3) is 6.08 Å². The highest BCUT2D eigenvalue weighted by Crippen LogP contribution is 2.28. The molecule has 5 nitrogen and oxygen atoms in total. The highest BCUT2D eigenvalue weighted by Gasteiger charge is 2.22. The van der Waals surface area contributed by atoms with Gasteiger partial charge >= 0.3 is 5.97 Å². The van der Waals surface area contributed by atoms with Gasteiger partial charge in [-0.3, -0.25) is 4.79 Å². The number of hydrogen-bond donors (Lipinski definition) is 2. The van der Waals surface area contributed by atoms with E-state index in [2.05, 4.69) is 5.32 Å². The van der Waals surface area contributed by atoms with Gasteiger partial charge in [-0.15, -0.1) is 0 Å². The van der Waals surface area contributed by atoms with Crippen molar-refractivity contribution < 1.29 is 19.4 Å². The number of benzene rings is 1. The van der Waals surface area contributed by atoms with Crippen LogP contribution in [0.3, 0.4) is 0 Å². The van der Waals surface area contributed by atoms with Crippen molar-refractivity contribution in [3.8, 4) is 5.75 Å². The lowest BCUT2D eigenvalue weighted by Gasteiger charge is -2.19. The van der Waals surface area contributed by atoms with Gasteiger partial charge in [0.25, 0.3) is 5.91 Å². The van der Waals surface area contributed by atoms with E-state index in [9.17, 15) is 9.59 Å². The van der Waals surface area contributed by atoms with Gasteiger partial charge in [-0.25, -0.2) is 4.79 Å². The summed E-state index contributed by atoms with van der Waals surface area (Å²) in [6.07, 6.45) is 1.98. The normalized spacial score (nSPS) is 14.6. The van der Waals surface area contributed by atoms with Crippen LogP contribution in [-0.4, -0.2) is 29.6 Å². The second-order valence-corrected chi connectivity index (χ2v) is 4.85. The molecule has 0 bridgehead atoms. The van der Waals surface area contributed by atoms with Gasteiger partial charge in [0.15, 0.2) is 0 Å². The summed E-state index contributed by atoms with van der Waals surface area (Å²) in [5.41, 5.74) is 1.08. The SMILES string of the molecule is CC[C@@H](NC(=O)C1=Cc2cc(Cl)ccc2OC1)C(=O)O. The first-order valence-electron chi connectivity index (χ1n) is 6.18. The third kappa shape index (κ3) is 3.11. The first-order valence-corrected chi connectivity index (χ1v) is 6.55. The Bertz CT molecular complexity index is 583. The molecule has 106 valence electrons. The van der Waals surface area contributed by atoms with Crippen LogP contribution < -0.4 is 10.1 Å². The quantitative estimate of drug-likeness (QED) is 0.892. The van der Waals surface area contributed by atoms with Crippen molar-refractivity contribution in [2.75, 3.05) is 6.61 Å². The van der Waals surface area contributed by atoms with Gasteiger partial charge in [0.05, 0.1) is 5.57 Å². The monoisotopic (exact) mass is 295 g/mol. The maximum atomic E-state index is 12.0. The van der Waals surface area contributed by atoms with Crippen LogP contribution in [0.15, 0.2) is 23.8 Å². The highest BCUT2D eigenvalue weighted by atomic mass is 35.5. The molecule has 1 atom stereocenters. The molecule has 1 heterocycles. The maximum absolute atomic E-state index is 12.0. The van der Waals surface area contributed by atoms with Crippen LogP contribution in [0.5, 0.6) is 5.75 Å². The Balaban J connectivity index is 2.18. The van der Waals surface area contributed by atoms with Crippen LogP contribution in [0.4, 0.5) is 0 Å². The Morgan fingerprint density at radius 1 is 1.50 bits per heavy atom. The Hall–Kier alpha value is -2.01. The van der Waals surface area contributed by atoms with Gasteiger partial charge in [-0.05, 0) is 30.7 Å². The van der Waals surface area contributed by atoms with Gasteiger partial charge in [-0.2, -0.15) is 0 Å². The van der Waals surface area contributed by atoms with E-state index in [1.165, 1.54) is 0 Å². The summed E-state index contributed by atoms with van der Waals surface area (Å²) in [4.78, 5) is 22.9. The van der Waals surface area contributed by atoms with E-state index in [0.717, 1.165) is 0 Å². The minimum Gasteiger partial charge on any atom is -0.488 e. The zero-order valence-corrected chi connectivity index (χ0v) is 11.6. The van der Waals surface area contributed by atoms with Crippen molar-refractivity contribution in [1.29, 1.82) is 0 Å². The topological polar surface area (TPSA) is 75.6 Å². The number of ether oxygens (including phenoxy) is 1. The molecule has 1 amide bonds. The van der Waals surface area contributed by atoms with Crippen LogP contribution in [0.1, 0.15) is 18.9 Å². The fourth-order valence-corrected chi connectivity index (χ4v) is 2.05. The van der Waals surface area contributed by atoms with Crippen LogP contribution in [0, 0.1) is 0 Å². The fourth-order valence-electron chi connectivity index (χ4n) is 1.87. The molecule has 2 rings (SSSR count). The molecule has 0 saturated carbocycles. The van der Waals surface area contributed by atoms with Crippen LogP contribution in [0.2, 0.25) is 5.02 Å². The van der Waals surface area contributed by atoms with Gasteiger partial charge in [0.2, 0.25) is 0 Å². The minimum atomic E-state index is -1.05. The average molecular weight is 296 g/mol. The number of fused-ring (bicyclic) bond motifs is 1. The zero-order chi connectivity index (χ0) is 14.7. The molecular weight excluding hydrogens is 282 g/mol. The standard InChI is InChI=1S/C14H14ClNO4/c1-2-11(14(18)19)16-13(17)9-5-8-6-10(15)3-4-12(8)20-7-9/h3-6,11H,2,7H2,1H3,(H,16,17)(H,18,19)/t11-/m1/s1. The van der Waals surface area contributed by atoms with Gasteiger partial charge in [0, 0.05) is 10.6 Å². The summed E-state index contributed by atoms with van der Waals surface area (Å²) < 4.78 is 5.45. The fraction of sp³-hybridized carbons (Fsp3) is 0.286. The Morgan fingerprint density at radius 2 is 2.25 bits per heavy atom. The largest absolute Gasteiger partial charge is 0.488 e. The molecule has 6 heteroatoms. The van der Waals surface area contributed by atoms with Crippen molar-refractivity contribution in [3.05, 3.63) is 34.4 Å². The average Bonchev–Trinajstić information content (AvgIpc) is 2.43. The number of nitrogens with one attached hydrogen (secondary N) is 1. The summed E-state index contributed by atoms with van der Waals surface area (Å²) in [6, 6.07) is 4.23. The molecule has 0 aromatic heterocycles.